The lowest BCUT2D eigenvalue weighted by Gasteiger charge is -2.32. The van der Waals surface area contributed by atoms with Crippen LogP contribution < -0.4 is 0 Å². The molecule has 0 aliphatic carbocycles. The molecule has 1 amide bonds. The minimum atomic E-state index is 0.156. The molecule has 1 aliphatic rings. The number of amides is 1. The van der Waals surface area contributed by atoms with E-state index in [0.29, 0.717) is 0 Å². The largest absolute Gasteiger partial charge is 0.334 e. The second-order valence-corrected chi connectivity index (χ2v) is 8.42. The molecule has 4 heteroatoms. The number of nitrogens with zero attached hydrogens (tertiary/aromatic N) is 1. The van der Waals surface area contributed by atoms with Gasteiger partial charge in [-0.1, -0.05) is 32.4 Å². The Kier molecular flexibility index (Phi) is 4.21. The molecule has 0 N–H and O–H groups in total. The Hall–Kier alpha value is -0.610. The van der Waals surface area contributed by atoms with Crippen molar-refractivity contribution in [2.45, 2.75) is 34.1 Å². The normalized spacial score (nSPS) is 16.5. The van der Waals surface area contributed by atoms with E-state index in [-0.39, 0.29) is 11.3 Å². The zero-order valence-corrected chi connectivity index (χ0v) is 14.3. The molecule has 0 unspecified atom stereocenters. The first-order valence-corrected chi connectivity index (χ1v) is 8.14. The number of halogens is 1. The molecule has 0 atom stereocenters. The summed E-state index contributed by atoms with van der Waals surface area (Å²) in [7, 11) is 0. The topological polar surface area (TPSA) is 20.3 Å². The fourth-order valence-corrected chi connectivity index (χ4v) is 3.76. The third kappa shape index (κ3) is 3.29. The molecule has 104 valence electrons. The van der Waals surface area contributed by atoms with E-state index >= 15 is 0 Å². The number of hydrogen-bond donors (Lipinski definition) is 0. The summed E-state index contributed by atoms with van der Waals surface area (Å²) in [4.78, 5) is 15.2. The molecule has 2 nitrogen and oxygen atoms in total. The highest BCUT2D eigenvalue weighted by atomic mass is 79.9. The third-order valence-electron chi connectivity index (χ3n) is 3.53. The van der Waals surface area contributed by atoms with Crippen molar-refractivity contribution in [1.82, 2.24) is 4.90 Å². The first-order valence-electron chi connectivity index (χ1n) is 6.54. The van der Waals surface area contributed by atoms with Crippen LogP contribution in [0.5, 0.6) is 0 Å². The van der Waals surface area contributed by atoms with Crippen molar-refractivity contribution in [2.24, 2.45) is 5.41 Å². The number of hydrogen-bond acceptors (Lipinski definition) is 2. The molecule has 0 fully saturated rings. The molecule has 0 spiro atoms. The van der Waals surface area contributed by atoms with Crippen LogP contribution in [0.2, 0.25) is 0 Å². The van der Waals surface area contributed by atoms with Gasteiger partial charge < -0.3 is 4.90 Å². The first kappa shape index (κ1) is 14.8. The summed E-state index contributed by atoms with van der Waals surface area (Å²) in [5.41, 5.74) is 2.81. The average Bonchev–Trinajstić information content (AvgIpc) is 2.68. The lowest BCUT2D eigenvalue weighted by molar-refractivity contribution is 0.0769. The number of rotatable bonds is 1. The number of carbonyl (C=O) groups excluding carboxylic acids is 1. The van der Waals surface area contributed by atoms with Gasteiger partial charge in [-0.2, -0.15) is 0 Å². The molecular formula is C15H20BrNOS. The second-order valence-electron chi connectivity index (χ2n) is 6.05. The number of carbonyl (C=O) groups is 1. The summed E-state index contributed by atoms with van der Waals surface area (Å²) < 4.78 is 1.05. The molecule has 0 bridgehead atoms. The maximum absolute atomic E-state index is 12.4. The van der Waals surface area contributed by atoms with Crippen LogP contribution in [0.1, 0.15) is 42.4 Å². The van der Waals surface area contributed by atoms with Gasteiger partial charge >= 0.3 is 0 Å². The van der Waals surface area contributed by atoms with Gasteiger partial charge in [-0.3, -0.25) is 4.79 Å². The Morgan fingerprint density at radius 3 is 2.53 bits per heavy atom. The minimum absolute atomic E-state index is 0.156. The van der Waals surface area contributed by atoms with Crippen molar-refractivity contribution in [3.63, 3.8) is 0 Å². The first-order chi connectivity index (χ1) is 8.79. The van der Waals surface area contributed by atoms with Crippen molar-refractivity contribution in [3.8, 4) is 0 Å². The highest BCUT2D eigenvalue weighted by molar-refractivity contribution is 9.11. The van der Waals surface area contributed by atoms with E-state index in [1.165, 1.54) is 16.9 Å². The maximum Gasteiger partial charge on any atom is 0.264 e. The van der Waals surface area contributed by atoms with E-state index in [2.05, 4.69) is 42.8 Å². The molecule has 2 heterocycles. The van der Waals surface area contributed by atoms with E-state index in [9.17, 15) is 4.79 Å². The lowest BCUT2D eigenvalue weighted by atomic mass is 9.83. The predicted octanol–water partition coefficient (Wildman–Crippen LogP) is 4.64. The number of thiophene rings is 1. The van der Waals surface area contributed by atoms with Gasteiger partial charge in [0, 0.05) is 13.1 Å². The van der Waals surface area contributed by atoms with Crippen LogP contribution in [0.4, 0.5) is 0 Å². The number of aryl methyl sites for hydroxylation is 1. The quantitative estimate of drug-likeness (QED) is 0.681. The van der Waals surface area contributed by atoms with Gasteiger partial charge in [0.2, 0.25) is 0 Å². The molecule has 1 aromatic heterocycles. The van der Waals surface area contributed by atoms with Gasteiger partial charge in [-0.25, -0.2) is 0 Å². The summed E-state index contributed by atoms with van der Waals surface area (Å²) >= 11 is 5.01. The van der Waals surface area contributed by atoms with E-state index in [1.54, 1.807) is 0 Å². The molecule has 0 aromatic carbocycles. The molecule has 0 radical (unpaired) electrons. The van der Waals surface area contributed by atoms with E-state index in [4.69, 9.17) is 0 Å². The van der Waals surface area contributed by atoms with Crippen molar-refractivity contribution >= 4 is 33.2 Å². The van der Waals surface area contributed by atoms with E-state index in [1.807, 2.05) is 17.9 Å². The van der Waals surface area contributed by atoms with Crippen LogP contribution in [-0.2, 0) is 0 Å². The zero-order chi connectivity index (χ0) is 14.2. The monoisotopic (exact) mass is 341 g/mol. The standard InChI is InChI=1S/C15H20BrNOS/c1-10-9-12(19-13(10)16)14(18)17-7-5-11(6-8-17)15(2,3)4/h5,9H,6-8H2,1-4H3. The van der Waals surface area contributed by atoms with E-state index < -0.39 is 0 Å². The highest BCUT2D eigenvalue weighted by Crippen LogP contribution is 2.32. The van der Waals surface area contributed by atoms with Gasteiger partial charge in [0.25, 0.3) is 5.91 Å². The van der Waals surface area contributed by atoms with Crippen LogP contribution in [-0.4, -0.2) is 23.9 Å². The summed E-state index contributed by atoms with van der Waals surface area (Å²) in [6.07, 6.45) is 3.21. The molecule has 19 heavy (non-hydrogen) atoms. The molecule has 0 saturated heterocycles. The van der Waals surface area contributed by atoms with Crippen molar-refractivity contribution in [2.75, 3.05) is 13.1 Å². The average molecular weight is 342 g/mol. The van der Waals surface area contributed by atoms with Crippen molar-refractivity contribution in [3.05, 3.63) is 31.9 Å². The van der Waals surface area contributed by atoms with Gasteiger partial charge in [0.15, 0.2) is 0 Å². The van der Waals surface area contributed by atoms with Gasteiger partial charge in [0.05, 0.1) is 8.66 Å². The highest BCUT2D eigenvalue weighted by Gasteiger charge is 2.25. The van der Waals surface area contributed by atoms with Crippen molar-refractivity contribution < 1.29 is 4.79 Å². The Morgan fingerprint density at radius 1 is 1.42 bits per heavy atom. The molecule has 1 aromatic rings. The van der Waals surface area contributed by atoms with Crippen LogP contribution in [0.15, 0.2) is 21.5 Å². The minimum Gasteiger partial charge on any atom is -0.334 e. The van der Waals surface area contributed by atoms with Crippen molar-refractivity contribution in [1.29, 1.82) is 0 Å². The molecule has 0 saturated carbocycles. The maximum atomic E-state index is 12.4. The summed E-state index contributed by atoms with van der Waals surface area (Å²) in [6, 6.07) is 1.97. The van der Waals surface area contributed by atoms with Crippen LogP contribution >= 0.6 is 27.3 Å². The van der Waals surface area contributed by atoms with Gasteiger partial charge in [0.1, 0.15) is 0 Å². The summed E-state index contributed by atoms with van der Waals surface area (Å²) in [5.74, 6) is 0.156. The van der Waals surface area contributed by atoms with Crippen LogP contribution in [0.3, 0.4) is 0 Å². The predicted molar refractivity (Wildman–Crippen MR) is 84.8 cm³/mol. The SMILES string of the molecule is Cc1cc(C(=O)N2CC=C(C(C)(C)C)CC2)sc1Br. The molecule has 2 rings (SSSR count). The summed E-state index contributed by atoms with van der Waals surface area (Å²) in [6.45, 7) is 10.3. The molecule has 1 aliphatic heterocycles. The third-order valence-corrected chi connectivity index (χ3v) is 5.65. The fraction of sp³-hybridized carbons (Fsp3) is 0.533. The Balaban J connectivity index is 2.10. The smallest absolute Gasteiger partial charge is 0.264 e. The van der Waals surface area contributed by atoms with Crippen LogP contribution in [0.25, 0.3) is 0 Å². The van der Waals surface area contributed by atoms with Crippen LogP contribution in [0, 0.1) is 12.3 Å². The molecular weight excluding hydrogens is 322 g/mol. The van der Waals surface area contributed by atoms with Gasteiger partial charge in [-0.15, -0.1) is 11.3 Å². The lowest BCUT2D eigenvalue weighted by Crippen LogP contribution is -2.36. The Bertz CT molecular complexity index is 505. The zero-order valence-electron chi connectivity index (χ0n) is 11.9. The fourth-order valence-electron chi connectivity index (χ4n) is 2.26. The second kappa shape index (κ2) is 5.41. The van der Waals surface area contributed by atoms with Gasteiger partial charge in [-0.05, 0) is 46.3 Å². The Morgan fingerprint density at radius 2 is 2.11 bits per heavy atom. The Labute approximate surface area is 127 Å². The summed E-state index contributed by atoms with van der Waals surface area (Å²) in [5, 5.41) is 0. The van der Waals surface area contributed by atoms with E-state index in [0.717, 1.165) is 33.7 Å².